The summed E-state index contributed by atoms with van der Waals surface area (Å²) in [5.74, 6) is -0.904. The molecule has 0 aliphatic rings. The zero-order chi connectivity index (χ0) is 32.7. The summed E-state index contributed by atoms with van der Waals surface area (Å²) in [4.78, 5) is 29.6. The summed E-state index contributed by atoms with van der Waals surface area (Å²) >= 11 is 12.5. The second kappa shape index (κ2) is 15.0. The molecule has 0 heterocycles. The van der Waals surface area contributed by atoms with E-state index in [2.05, 4.69) is 5.32 Å². The largest absolute Gasteiger partial charge is 0.355 e. The van der Waals surface area contributed by atoms with E-state index in [4.69, 9.17) is 23.2 Å². The molecule has 0 radical (unpaired) electrons. The van der Waals surface area contributed by atoms with Crippen molar-refractivity contribution in [1.29, 1.82) is 0 Å². The molecule has 0 aromatic heterocycles. The van der Waals surface area contributed by atoms with Crippen LogP contribution in [0.2, 0.25) is 10.0 Å². The van der Waals surface area contributed by atoms with Crippen molar-refractivity contribution >= 4 is 50.7 Å². The fourth-order valence-corrected chi connectivity index (χ4v) is 6.92. The molecular formula is C35H37Cl2N3O4S. The van der Waals surface area contributed by atoms with Gasteiger partial charge in [-0.25, -0.2) is 8.42 Å². The van der Waals surface area contributed by atoms with Crippen LogP contribution in [0.4, 0.5) is 5.69 Å². The molecule has 2 amide bonds. The van der Waals surface area contributed by atoms with E-state index in [1.165, 1.54) is 17.0 Å². The number of amides is 2. The van der Waals surface area contributed by atoms with E-state index in [-0.39, 0.29) is 23.8 Å². The zero-order valence-corrected chi connectivity index (χ0v) is 28.1. The van der Waals surface area contributed by atoms with Crippen molar-refractivity contribution in [1.82, 2.24) is 10.2 Å². The third-order valence-corrected chi connectivity index (χ3v) is 9.98. The predicted molar refractivity (Wildman–Crippen MR) is 181 cm³/mol. The Morgan fingerprint density at radius 1 is 0.800 bits per heavy atom. The maximum Gasteiger partial charge on any atom is 0.264 e. The minimum atomic E-state index is -4.19. The number of rotatable bonds is 12. The average Bonchev–Trinajstić information content (AvgIpc) is 3.00. The normalized spacial score (nSPS) is 12.0. The van der Waals surface area contributed by atoms with Gasteiger partial charge in [-0.3, -0.25) is 13.9 Å². The van der Waals surface area contributed by atoms with Crippen LogP contribution in [-0.4, -0.2) is 44.3 Å². The van der Waals surface area contributed by atoms with Crippen LogP contribution >= 0.6 is 23.2 Å². The van der Waals surface area contributed by atoms with E-state index in [1.807, 2.05) is 63.2 Å². The van der Waals surface area contributed by atoms with E-state index in [0.29, 0.717) is 33.4 Å². The molecule has 1 unspecified atom stereocenters. The number of hydrogen-bond acceptors (Lipinski definition) is 4. The number of hydrogen-bond donors (Lipinski definition) is 1. The lowest BCUT2D eigenvalue weighted by atomic mass is 10.0. The monoisotopic (exact) mass is 665 g/mol. The smallest absolute Gasteiger partial charge is 0.264 e. The lowest BCUT2D eigenvalue weighted by molar-refractivity contribution is -0.140. The first kappa shape index (κ1) is 34.0. The highest BCUT2D eigenvalue weighted by molar-refractivity contribution is 7.92. The Morgan fingerprint density at radius 2 is 1.47 bits per heavy atom. The molecule has 0 saturated heterocycles. The van der Waals surface area contributed by atoms with Crippen molar-refractivity contribution in [2.24, 2.45) is 0 Å². The fourth-order valence-electron chi connectivity index (χ4n) is 5.12. The van der Waals surface area contributed by atoms with E-state index >= 15 is 0 Å². The van der Waals surface area contributed by atoms with Crippen molar-refractivity contribution in [3.05, 3.63) is 129 Å². The van der Waals surface area contributed by atoms with Gasteiger partial charge in [0.2, 0.25) is 11.8 Å². The van der Waals surface area contributed by atoms with Gasteiger partial charge in [0, 0.05) is 19.5 Å². The molecule has 0 saturated carbocycles. The third-order valence-electron chi connectivity index (χ3n) is 7.47. The molecular weight excluding hydrogens is 629 g/mol. The number of carbonyl (C=O) groups excluding carboxylic acids is 2. The summed E-state index contributed by atoms with van der Waals surface area (Å²) in [5.41, 5.74) is 4.41. The molecule has 4 rings (SSSR count). The van der Waals surface area contributed by atoms with Gasteiger partial charge in [-0.2, -0.15) is 0 Å². The highest BCUT2D eigenvalue weighted by Crippen LogP contribution is 2.29. The number of aryl methyl sites for hydroxylation is 3. The number of sulfonamides is 1. The van der Waals surface area contributed by atoms with Crippen LogP contribution in [0.1, 0.15) is 34.7 Å². The molecule has 0 aliphatic carbocycles. The molecule has 236 valence electrons. The molecule has 0 fully saturated rings. The third kappa shape index (κ3) is 8.45. The second-order valence-corrected chi connectivity index (χ2v) is 13.7. The first-order chi connectivity index (χ1) is 21.4. The molecule has 10 heteroatoms. The maximum absolute atomic E-state index is 14.5. The van der Waals surface area contributed by atoms with E-state index in [0.717, 1.165) is 21.0 Å². The number of halogens is 2. The lowest BCUT2D eigenvalue weighted by Gasteiger charge is -2.34. The highest BCUT2D eigenvalue weighted by atomic mass is 35.5. The average molecular weight is 667 g/mol. The highest BCUT2D eigenvalue weighted by Gasteiger charge is 2.35. The molecule has 1 N–H and O–H groups in total. The molecule has 4 aromatic rings. The van der Waals surface area contributed by atoms with Gasteiger partial charge < -0.3 is 10.2 Å². The lowest BCUT2D eigenvalue weighted by Crippen LogP contribution is -2.53. The number of carbonyl (C=O) groups is 2. The Morgan fingerprint density at radius 3 is 2.09 bits per heavy atom. The second-order valence-electron chi connectivity index (χ2n) is 11.0. The minimum Gasteiger partial charge on any atom is -0.355 e. The topological polar surface area (TPSA) is 86.8 Å². The fraction of sp³-hybridized carbons (Fsp3) is 0.257. The van der Waals surface area contributed by atoms with Crippen LogP contribution < -0.4 is 9.62 Å². The first-order valence-corrected chi connectivity index (χ1v) is 16.8. The van der Waals surface area contributed by atoms with Crippen LogP contribution in [0.15, 0.2) is 95.9 Å². The van der Waals surface area contributed by atoms with Crippen molar-refractivity contribution in [3.8, 4) is 0 Å². The van der Waals surface area contributed by atoms with Crippen molar-refractivity contribution in [2.75, 3.05) is 17.4 Å². The van der Waals surface area contributed by atoms with Gasteiger partial charge in [0.25, 0.3) is 10.0 Å². The summed E-state index contributed by atoms with van der Waals surface area (Å²) < 4.78 is 29.6. The maximum atomic E-state index is 14.5. The van der Waals surface area contributed by atoms with Gasteiger partial charge in [0.05, 0.1) is 20.6 Å². The number of anilines is 1. The van der Waals surface area contributed by atoms with Crippen LogP contribution in [0.25, 0.3) is 0 Å². The molecule has 45 heavy (non-hydrogen) atoms. The SMILES string of the molecule is CCNC(=O)C(Cc1ccccc1)N(Cc1ccc(Cl)c(Cl)c1)C(=O)CN(c1ccc(C)cc1C)S(=O)(=O)c1ccc(C)cc1. The van der Waals surface area contributed by atoms with E-state index in [9.17, 15) is 18.0 Å². The number of likely N-dealkylation sites (N-methyl/N-ethyl adjacent to an activating group) is 1. The van der Waals surface area contributed by atoms with E-state index < -0.39 is 28.5 Å². The molecule has 4 aromatic carbocycles. The van der Waals surface area contributed by atoms with Crippen LogP contribution in [-0.2, 0) is 32.6 Å². The first-order valence-electron chi connectivity index (χ1n) is 14.6. The minimum absolute atomic E-state index is 0.00431. The number of nitrogens with zero attached hydrogens (tertiary/aromatic N) is 2. The van der Waals surface area contributed by atoms with Crippen molar-refractivity contribution in [2.45, 2.75) is 51.6 Å². The standard InChI is InChI=1S/C35H37Cl2N3O4S/c1-5-38-35(42)33(21-27-9-7-6-8-10-27)39(22-28-14-17-30(36)31(37)20-28)34(41)23-40(32-18-13-25(3)19-26(32)4)45(43,44)29-15-11-24(2)12-16-29/h6-20,33H,5,21-23H2,1-4H3,(H,38,42). The summed E-state index contributed by atoms with van der Waals surface area (Å²) in [6.07, 6.45) is 0.216. The quantitative estimate of drug-likeness (QED) is 0.179. The Bertz CT molecular complexity index is 1760. The molecule has 0 spiro atoms. The molecule has 0 bridgehead atoms. The summed E-state index contributed by atoms with van der Waals surface area (Å²) in [6.45, 7) is 7.22. The predicted octanol–water partition coefficient (Wildman–Crippen LogP) is 6.89. The zero-order valence-electron chi connectivity index (χ0n) is 25.8. The van der Waals surface area contributed by atoms with Gasteiger partial charge in [-0.1, -0.05) is 95.0 Å². The summed E-state index contributed by atoms with van der Waals surface area (Å²) in [5, 5.41) is 3.52. The Hall–Kier alpha value is -3.85. The molecule has 0 aliphatic heterocycles. The van der Waals surface area contributed by atoms with Gasteiger partial charge in [-0.05, 0) is 74.7 Å². The Kier molecular flexibility index (Phi) is 11.3. The number of nitrogens with one attached hydrogen (secondary N) is 1. The summed E-state index contributed by atoms with van der Waals surface area (Å²) in [7, 11) is -4.19. The van der Waals surface area contributed by atoms with E-state index in [1.54, 1.807) is 43.3 Å². The van der Waals surface area contributed by atoms with Crippen LogP contribution in [0.3, 0.4) is 0 Å². The Labute approximate surface area is 275 Å². The van der Waals surface area contributed by atoms with Crippen LogP contribution in [0.5, 0.6) is 0 Å². The van der Waals surface area contributed by atoms with Gasteiger partial charge in [0.15, 0.2) is 0 Å². The van der Waals surface area contributed by atoms with Crippen LogP contribution in [0, 0.1) is 20.8 Å². The number of benzene rings is 4. The van der Waals surface area contributed by atoms with Crippen molar-refractivity contribution in [3.63, 3.8) is 0 Å². The van der Waals surface area contributed by atoms with Gasteiger partial charge in [-0.15, -0.1) is 0 Å². The Balaban J connectivity index is 1.83. The molecule has 1 atom stereocenters. The van der Waals surface area contributed by atoms with Gasteiger partial charge in [0.1, 0.15) is 12.6 Å². The van der Waals surface area contributed by atoms with Crippen molar-refractivity contribution < 1.29 is 18.0 Å². The summed E-state index contributed by atoms with van der Waals surface area (Å²) in [6, 6.07) is 25.3. The van der Waals surface area contributed by atoms with Gasteiger partial charge >= 0.3 is 0 Å². The molecule has 7 nitrogen and oxygen atoms in total.